The smallest absolute Gasteiger partial charge is 0.257 e. The van der Waals surface area contributed by atoms with Crippen molar-refractivity contribution in [3.8, 4) is 0 Å². The average Bonchev–Trinajstić information content (AvgIpc) is 3.49. The second-order valence-corrected chi connectivity index (χ2v) is 10.9. The van der Waals surface area contributed by atoms with Crippen LogP contribution in [0.4, 0.5) is 5.69 Å². The van der Waals surface area contributed by atoms with Crippen molar-refractivity contribution in [2.75, 3.05) is 44.2 Å². The first-order chi connectivity index (χ1) is 16.8. The van der Waals surface area contributed by atoms with Crippen molar-refractivity contribution in [3.63, 3.8) is 0 Å². The number of aromatic nitrogens is 2. The number of aryl methyl sites for hydroxylation is 3. The molecule has 1 aromatic carbocycles. The fraction of sp³-hybridized carbons (Fsp3) is 0.556. The van der Waals surface area contributed by atoms with Crippen LogP contribution in [0, 0.1) is 38.5 Å². The van der Waals surface area contributed by atoms with Gasteiger partial charge in [0.15, 0.2) is 0 Å². The zero-order valence-electron chi connectivity index (χ0n) is 20.8. The van der Waals surface area contributed by atoms with Crippen molar-refractivity contribution in [2.24, 2.45) is 17.8 Å². The molecular formula is C27H34ClN5O2. The molecule has 0 radical (unpaired) electrons. The Bertz CT molecular complexity index is 1100. The van der Waals surface area contributed by atoms with E-state index in [-0.39, 0.29) is 17.7 Å². The monoisotopic (exact) mass is 495 g/mol. The van der Waals surface area contributed by atoms with E-state index in [1.807, 2.05) is 48.8 Å². The summed E-state index contributed by atoms with van der Waals surface area (Å²) in [7, 11) is 0. The van der Waals surface area contributed by atoms with Gasteiger partial charge in [-0.05, 0) is 76.1 Å². The molecule has 186 valence electrons. The molecule has 2 atom stereocenters. The van der Waals surface area contributed by atoms with E-state index in [0.717, 1.165) is 74.6 Å². The Morgan fingerprint density at radius 3 is 2.29 bits per heavy atom. The Morgan fingerprint density at radius 2 is 1.69 bits per heavy atom. The summed E-state index contributed by atoms with van der Waals surface area (Å²) in [6.45, 7) is 11.0. The highest BCUT2D eigenvalue weighted by Crippen LogP contribution is 2.35. The summed E-state index contributed by atoms with van der Waals surface area (Å²) < 4.78 is 0. The summed E-state index contributed by atoms with van der Waals surface area (Å²) >= 11 is 6.36. The number of carbonyl (C=O) groups excluding carboxylic acids is 2. The highest BCUT2D eigenvalue weighted by atomic mass is 35.5. The second-order valence-electron chi connectivity index (χ2n) is 10.5. The van der Waals surface area contributed by atoms with Gasteiger partial charge in [0.05, 0.1) is 17.0 Å². The van der Waals surface area contributed by atoms with Gasteiger partial charge in [-0.25, -0.2) is 9.97 Å². The lowest BCUT2D eigenvalue weighted by atomic mass is 10.0. The Morgan fingerprint density at radius 1 is 1.03 bits per heavy atom. The average molecular weight is 496 g/mol. The van der Waals surface area contributed by atoms with Crippen LogP contribution in [0.25, 0.3) is 0 Å². The lowest BCUT2D eigenvalue weighted by molar-refractivity contribution is -0.119. The van der Waals surface area contributed by atoms with Crippen molar-refractivity contribution in [1.29, 1.82) is 0 Å². The summed E-state index contributed by atoms with van der Waals surface area (Å²) in [5, 5.41) is 0.704. The van der Waals surface area contributed by atoms with E-state index in [1.54, 1.807) is 0 Å². The molecule has 35 heavy (non-hydrogen) atoms. The third-order valence-corrected chi connectivity index (χ3v) is 8.21. The van der Waals surface area contributed by atoms with Crippen LogP contribution in [-0.2, 0) is 4.79 Å². The van der Waals surface area contributed by atoms with E-state index in [9.17, 15) is 9.59 Å². The number of fused-ring (bicyclic) bond motifs is 1. The van der Waals surface area contributed by atoms with Gasteiger partial charge in [-0.15, -0.1) is 0 Å². The predicted octanol–water partition coefficient (Wildman–Crippen LogP) is 3.89. The minimum Gasteiger partial charge on any atom is -0.338 e. The number of hydrogen-bond acceptors (Lipinski definition) is 5. The maximum absolute atomic E-state index is 13.1. The van der Waals surface area contributed by atoms with Crippen LogP contribution in [0.5, 0.6) is 0 Å². The number of carbonyl (C=O) groups is 2. The zero-order chi connectivity index (χ0) is 24.7. The summed E-state index contributed by atoms with van der Waals surface area (Å²) in [5.41, 5.74) is 4.08. The lowest BCUT2D eigenvalue weighted by Gasteiger charge is -2.26. The van der Waals surface area contributed by atoms with Crippen LogP contribution >= 0.6 is 11.6 Å². The second kappa shape index (κ2) is 9.86. The van der Waals surface area contributed by atoms with E-state index < -0.39 is 0 Å². The van der Waals surface area contributed by atoms with Gasteiger partial charge in [-0.1, -0.05) is 17.7 Å². The van der Waals surface area contributed by atoms with Crippen LogP contribution in [0.1, 0.15) is 46.6 Å². The molecule has 0 N–H and O–H groups in total. The van der Waals surface area contributed by atoms with Gasteiger partial charge in [-0.3, -0.25) is 9.59 Å². The number of anilines is 1. The first kappa shape index (κ1) is 24.2. The van der Waals surface area contributed by atoms with Gasteiger partial charge in [-0.2, -0.15) is 0 Å². The number of nitrogens with zero attached hydrogens (tertiary/aromatic N) is 5. The topological polar surface area (TPSA) is 69.6 Å². The first-order valence-electron chi connectivity index (χ1n) is 12.7. The molecular weight excluding hydrogens is 462 g/mol. The van der Waals surface area contributed by atoms with Gasteiger partial charge in [0.2, 0.25) is 5.91 Å². The fourth-order valence-electron chi connectivity index (χ4n) is 5.62. The summed E-state index contributed by atoms with van der Waals surface area (Å²) in [4.78, 5) is 41.0. The molecule has 3 heterocycles. The molecule has 3 fully saturated rings. The number of halogens is 1. The number of rotatable bonds is 7. The molecule has 2 aromatic rings. The largest absolute Gasteiger partial charge is 0.338 e. The Balaban J connectivity index is 1.15. The molecule has 7 nitrogen and oxygen atoms in total. The van der Waals surface area contributed by atoms with E-state index in [0.29, 0.717) is 29.0 Å². The van der Waals surface area contributed by atoms with Gasteiger partial charge in [0.25, 0.3) is 5.91 Å². The van der Waals surface area contributed by atoms with Crippen LogP contribution in [0.3, 0.4) is 0 Å². The Kier molecular flexibility index (Phi) is 6.82. The molecule has 2 amide bonds. The molecule has 3 aliphatic rings. The van der Waals surface area contributed by atoms with Crippen LogP contribution in [0.2, 0.25) is 5.02 Å². The minimum absolute atomic E-state index is 0.0625. The van der Waals surface area contributed by atoms with Gasteiger partial charge >= 0.3 is 0 Å². The van der Waals surface area contributed by atoms with Crippen molar-refractivity contribution >= 4 is 29.1 Å². The van der Waals surface area contributed by atoms with E-state index >= 15 is 0 Å². The number of benzene rings is 1. The summed E-state index contributed by atoms with van der Waals surface area (Å²) in [6.07, 6.45) is 4.43. The van der Waals surface area contributed by atoms with Crippen LogP contribution in [0.15, 0.2) is 24.5 Å². The molecule has 2 saturated heterocycles. The SMILES string of the molecule is Cc1ccc(N(CCCN2CC3CN(C(=O)c4c(C)ncnc4C)CC3C2)C(=O)C2CC2)cc1Cl. The molecule has 1 aliphatic carbocycles. The van der Waals surface area contributed by atoms with E-state index in [2.05, 4.69) is 14.9 Å². The maximum atomic E-state index is 13.1. The quantitative estimate of drug-likeness (QED) is 0.582. The minimum atomic E-state index is 0.0625. The zero-order valence-corrected chi connectivity index (χ0v) is 21.6. The van der Waals surface area contributed by atoms with Crippen molar-refractivity contribution < 1.29 is 9.59 Å². The highest BCUT2D eigenvalue weighted by molar-refractivity contribution is 6.31. The van der Waals surface area contributed by atoms with Gasteiger partial charge in [0, 0.05) is 49.4 Å². The summed E-state index contributed by atoms with van der Waals surface area (Å²) in [6, 6.07) is 5.92. The number of amides is 2. The van der Waals surface area contributed by atoms with Gasteiger partial charge < -0.3 is 14.7 Å². The fourth-order valence-corrected chi connectivity index (χ4v) is 5.79. The molecule has 8 heteroatoms. The van der Waals surface area contributed by atoms with Crippen molar-refractivity contribution in [2.45, 2.75) is 40.0 Å². The molecule has 0 spiro atoms. The maximum Gasteiger partial charge on any atom is 0.257 e. The van der Waals surface area contributed by atoms with Crippen LogP contribution < -0.4 is 4.90 Å². The normalized spacial score (nSPS) is 21.9. The third kappa shape index (κ3) is 5.07. The Labute approximate surface area is 212 Å². The van der Waals surface area contributed by atoms with E-state index in [1.165, 1.54) is 6.33 Å². The van der Waals surface area contributed by atoms with Crippen LogP contribution in [-0.4, -0.2) is 70.9 Å². The summed E-state index contributed by atoms with van der Waals surface area (Å²) in [5.74, 6) is 1.47. The van der Waals surface area contributed by atoms with Crippen molar-refractivity contribution in [3.05, 3.63) is 52.1 Å². The third-order valence-electron chi connectivity index (χ3n) is 7.81. The van der Waals surface area contributed by atoms with Crippen molar-refractivity contribution in [1.82, 2.24) is 19.8 Å². The lowest BCUT2D eigenvalue weighted by Crippen LogP contribution is -2.36. The number of likely N-dealkylation sites (tertiary alicyclic amines) is 2. The number of hydrogen-bond donors (Lipinski definition) is 0. The van der Waals surface area contributed by atoms with E-state index in [4.69, 9.17) is 11.6 Å². The molecule has 0 bridgehead atoms. The molecule has 2 aliphatic heterocycles. The molecule has 2 unspecified atom stereocenters. The molecule has 1 saturated carbocycles. The first-order valence-corrected chi connectivity index (χ1v) is 13.1. The van der Waals surface area contributed by atoms with Gasteiger partial charge in [0.1, 0.15) is 6.33 Å². The molecule has 1 aromatic heterocycles. The molecule has 5 rings (SSSR count). The standard InChI is InChI=1S/C27H34ClN5O2/c1-17-5-8-23(11-24(17)28)33(26(34)20-6-7-20)10-4-9-31-12-21-14-32(15-22(21)13-31)27(35)25-18(2)29-16-30-19(25)3/h5,8,11,16,20-22H,4,6-7,9-10,12-15H2,1-3H3. The highest BCUT2D eigenvalue weighted by Gasteiger charge is 2.42. The predicted molar refractivity (Wildman–Crippen MR) is 137 cm³/mol. The Hall–Kier alpha value is -2.51.